The van der Waals surface area contributed by atoms with Crippen molar-refractivity contribution in [2.45, 2.75) is 42.3 Å². The predicted octanol–water partition coefficient (Wildman–Crippen LogP) is 5.77. The molecule has 1 aromatic heterocycles. The van der Waals surface area contributed by atoms with Gasteiger partial charge in [0.1, 0.15) is 5.82 Å². The van der Waals surface area contributed by atoms with Crippen molar-refractivity contribution in [3.63, 3.8) is 0 Å². The number of aliphatic imine (C=N–C) groups is 1. The van der Waals surface area contributed by atoms with Gasteiger partial charge in [-0.15, -0.1) is 11.8 Å². The molecule has 0 spiro atoms. The van der Waals surface area contributed by atoms with Crippen LogP contribution < -0.4 is 4.90 Å². The standard InChI is InChI=1S/C23H24ClN3O2S2/c1-16(2)30-21-12-8-7-11-20(21)27-22-19(13-25-23(27)24)17(3)14-26(22)31(28,29)15-18-9-5-4-6-10-18/h4-14,16,23H,15H2,1-3H3. The van der Waals surface area contributed by atoms with E-state index in [4.69, 9.17) is 11.6 Å². The molecule has 4 rings (SSSR count). The van der Waals surface area contributed by atoms with Crippen LogP contribution in [0.15, 0.2) is 70.7 Å². The monoisotopic (exact) mass is 473 g/mol. The first-order valence-corrected chi connectivity index (χ1v) is 12.9. The molecule has 1 atom stereocenters. The molecule has 5 nitrogen and oxygen atoms in total. The highest BCUT2D eigenvalue weighted by molar-refractivity contribution is 8.00. The van der Waals surface area contributed by atoms with E-state index in [0.717, 1.165) is 27.3 Å². The number of anilines is 2. The number of fused-ring (bicyclic) bond motifs is 1. The highest BCUT2D eigenvalue weighted by Gasteiger charge is 2.33. The van der Waals surface area contributed by atoms with E-state index in [2.05, 4.69) is 18.8 Å². The Hall–Kier alpha value is -2.22. The molecule has 1 aliphatic rings. The van der Waals surface area contributed by atoms with Crippen LogP contribution in [-0.2, 0) is 15.8 Å². The summed E-state index contributed by atoms with van der Waals surface area (Å²) in [4.78, 5) is 7.28. The lowest BCUT2D eigenvalue weighted by atomic mass is 10.2. The molecule has 0 fully saturated rings. The molecule has 0 saturated heterocycles. The van der Waals surface area contributed by atoms with E-state index in [1.165, 1.54) is 3.97 Å². The van der Waals surface area contributed by atoms with Crippen molar-refractivity contribution in [2.75, 3.05) is 4.90 Å². The predicted molar refractivity (Wildman–Crippen MR) is 130 cm³/mol. The van der Waals surface area contributed by atoms with Gasteiger partial charge >= 0.3 is 0 Å². The Labute approximate surface area is 192 Å². The van der Waals surface area contributed by atoms with Crippen molar-refractivity contribution in [3.05, 3.63) is 77.5 Å². The molecule has 1 aliphatic heterocycles. The Morgan fingerprint density at radius 3 is 2.48 bits per heavy atom. The van der Waals surface area contributed by atoms with Crippen LogP contribution in [0, 0.1) is 6.92 Å². The number of nitrogens with zero attached hydrogens (tertiary/aromatic N) is 3. The van der Waals surface area contributed by atoms with E-state index < -0.39 is 15.6 Å². The molecule has 0 amide bonds. The molecule has 3 aromatic rings. The van der Waals surface area contributed by atoms with Gasteiger partial charge < -0.3 is 0 Å². The summed E-state index contributed by atoms with van der Waals surface area (Å²) < 4.78 is 28.3. The van der Waals surface area contributed by atoms with Gasteiger partial charge in [-0.3, -0.25) is 9.89 Å². The molecule has 2 aromatic carbocycles. The van der Waals surface area contributed by atoms with Crippen LogP contribution >= 0.6 is 23.4 Å². The molecule has 2 heterocycles. The van der Waals surface area contributed by atoms with Gasteiger partial charge in [0.15, 0.2) is 0 Å². The minimum atomic E-state index is -3.69. The molecular formula is C23H24ClN3O2S2. The highest BCUT2D eigenvalue weighted by atomic mass is 35.5. The lowest BCUT2D eigenvalue weighted by Crippen LogP contribution is -2.32. The van der Waals surface area contributed by atoms with Gasteiger partial charge in [0.2, 0.25) is 15.6 Å². The van der Waals surface area contributed by atoms with Gasteiger partial charge in [0.25, 0.3) is 0 Å². The number of aryl methyl sites for hydroxylation is 1. The quantitative estimate of drug-likeness (QED) is 0.259. The number of rotatable bonds is 6. The molecule has 0 aliphatic carbocycles. The average molecular weight is 474 g/mol. The number of para-hydroxylation sites is 1. The number of hydrogen-bond acceptors (Lipinski definition) is 5. The third-order valence-corrected chi connectivity index (χ3v) is 7.89. The fraction of sp³-hybridized carbons (Fsp3) is 0.261. The Morgan fingerprint density at radius 1 is 1.10 bits per heavy atom. The van der Waals surface area contributed by atoms with E-state index in [0.29, 0.717) is 11.1 Å². The van der Waals surface area contributed by atoms with Gasteiger partial charge in [-0.1, -0.05) is 67.9 Å². The summed E-state index contributed by atoms with van der Waals surface area (Å²) in [6, 6.07) is 17.1. The summed E-state index contributed by atoms with van der Waals surface area (Å²) in [7, 11) is -3.69. The number of alkyl halides is 1. The summed E-state index contributed by atoms with van der Waals surface area (Å²) in [5.74, 6) is 0.426. The van der Waals surface area contributed by atoms with Crippen LogP contribution in [0.3, 0.4) is 0 Å². The van der Waals surface area contributed by atoms with Crippen molar-refractivity contribution >= 4 is 51.1 Å². The zero-order valence-corrected chi connectivity index (χ0v) is 20.0. The maximum atomic E-state index is 13.5. The number of hydrogen-bond donors (Lipinski definition) is 0. The second kappa shape index (κ2) is 8.73. The molecule has 8 heteroatoms. The van der Waals surface area contributed by atoms with Crippen LogP contribution in [0.25, 0.3) is 0 Å². The van der Waals surface area contributed by atoms with Crippen LogP contribution in [0.1, 0.15) is 30.5 Å². The molecule has 162 valence electrons. The topological polar surface area (TPSA) is 54.7 Å². The first-order valence-electron chi connectivity index (χ1n) is 9.99. The number of aromatic nitrogens is 1. The molecule has 0 saturated carbocycles. The van der Waals surface area contributed by atoms with Gasteiger partial charge in [-0.25, -0.2) is 12.4 Å². The maximum Gasteiger partial charge on any atom is 0.244 e. The Bertz CT molecular complexity index is 1220. The number of benzene rings is 2. The van der Waals surface area contributed by atoms with Crippen LogP contribution in [0.4, 0.5) is 11.5 Å². The fourth-order valence-corrected chi connectivity index (χ4v) is 6.33. The lowest BCUT2D eigenvalue weighted by Gasteiger charge is -2.33. The summed E-state index contributed by atoms with van der Waals surface area (Å²) in [6.45, 7) is 6.13. The fourth-order valence-electron chi connectivity index (χ4n) is 3.61. The third kappa shape index (κ3) is 4.40. The van der Waals surface area contributed by atoms with E-state index in [1.54, 1.807) is 24.2 Å². The van der Waals surface area contributed by atoms with Crippen LogP contribution in [-0.4, -0.2) is 29.5 Å². The van der Waals surface area contributed by atoms with E-state index in [9.17, 15) is 8.42 Å². The zero-order chi connectivity index (χ0) is 22.2. The van der Waals surface area contributed by atoms with Crippen molar-refractivity contribution in [2.24, 2.45) is 4.99 Å². The minimum absolute atomic E-state index is 0.102. The minimum Gasteiger partial charge on any atom is -0.289 e. The average Bonchev–Trinajstić information content (AvgIpc) is 3.06. The van der Waals surface area contributed by atoms with Crippen molar-refractivity contribution in [1.82, 2.24) is 3.97 Å². The lowest BCUT2D eigenvalue weighted by molar-refractivity contribution is 0.586. The second-order valence-corrected chi connectivity index (χ2v) is 11.5. The molecular weight excluding hydrogens is 450 g/mol. The van der Waals surface area contributed by atoms with Crippen molar-refractivity contribution in [3.8, 4) is 0 Å². The van der Waals surface area contributed by atoms with Gasteiger partial charge in [0.05, 0.1) is 11.4 Å². The molecule has 0 bridgehead atoms. The van der Waals surface area contributed by atoms with Gasteiger partial charge in [-0.2, -0.15) is 0 Å². The Balaban J connectivity index is 1.87. The van der Waals surface area contributed by atoms with Crippen molar-refractivity contribution < 1.29 is 8.42 Å². The SMILES string of the molecule is Cc1cn(S(=O)(=O)Cc2ccccc2)c2c1C=NC(Cl)N2c1ccccc1SC(C)C. The largest absolute Gasteiger partial charge is 0.289 e. The number of thioether (sulfide) groups is 1. The normalized spacial score (nSPS) is 16.0. The summed E-state index contributed by atoms with van der Waals surface area (Å²) in [5.41, 5.74) is 2.42. The van der Waals surface area contributed by atoms with Gasteiger partial charge in [0, 0.05) is 28.1 Å². The molecule has 1 unspecified atom stereocenters. The first kappa shape index (κ1) is 22.0. The Kier molecular flexibility index (Phi) is 6.19. The Morgan fingerprint density at radius 2 is 1.77 bits per heavy atom. The highest BCUT2D eigenvalue weighted by Crippen LogP contribution is 2.43. The molecule has 0 radical (unpaired) electrons. The van der Waals surface area contributed by atoms with Crippen molar-refractivity contribution in [1.29, 1.82) is 0 Å². The van der Waals surface area contributed by atoms with Crippen LogP contribution in [0.5, 0.6) is 0 Å². The number of halogens is 1. The van der Waals surface area contributed by atoms with Gasteiger partial charge in [-0.05, 0) is 30.2 Å². The smallest absolute Gasteiger partial charge is 0.244 e. The summed E-state index contributed by atoms with van der Waals surface area (Å²) in [5, 5.41) is 0.359. The van der Waals surface area contributed by atoms with E-state index in [1.807, 2.05) is 66.4 Å². The molecule has 0 N–H and O–H groups in total. The first-order chi connectivity index (χ1) is 14.8. The molecule has 31 heavy (non-hydrogen) atoms. The van der Waals surface area contributed by atoms with E-state index >= 15 is 0 Å². The van der Waals surface area contributed by atoms with E-state index in [-0.39, 0.29) is 5.75 Å². The zero-order valence-electron chi connectivity index (χ0n) is 17.6. The maximum absolute atomic E-state index is 13.5. The third-order valence-electron chi connectivity index (χ3n) is 4.93. The summed E-state index contributed by atoms with van der Waals surface area (Å²) in [6.07, 6.45) is 3.33. The summed E-state index contributed by atoms with van der Waals surface area (Å²) >= 11 is 8.36. The van der Waals surface area contributed by atoms with Crippen LogP contribution in [0.2, 0.25) is 0 Å². The second-order valence-electron chi connectivity index (χ2n) is 7.68.